The van der Waals surface area contributed by atoms with Crippen LogP contribution in [0.1, 0.15) is 64.3 Å². The molecule has 1 saturated carbocycles. The number of hydrogen-bond donors (Lipinski definition) is 2. The number of aryl methyl sites for hydroxylation is 1. The molecule has 3 aliphatic rings. The van der Waals surface area contributed by atoms with Gasteiger partial charge in [-0.1, -0.05) is 5.10 Å². The Bertz CT molecular complexity index is 1840. The largest absolute Gasteiger partial charge is 0.486 e. The molecule has 0 atom stereocenters. The van der Waals surface area contributed by atoms with Crippen molar-refractivity contribution in [2.75, 3.05) is 18.4 Å². The lowest BCUT2D eigenvalue weighted by Crippen LogP contribution is -2.52. The third-order valence-electron chi connectivity index (χ3n) is 8.81. The number of aromatic amines is 1. The number of ether oxygens (including phenoxy) is 1. The van der Waals surface area contributed by atoms with E-state index >= 15 is 0 Å². The maximum Gasteiger partial charge on any atom is 0.253 e. The topological polar surface area (TPSA) is 136 Å². The van der Waals surface area contributed by atoms with Crippen molar-refractivity contribution in [3.63, 3.8) is 0 Å². The molecule has 5 aromatic rings. The number of piperidine rings is 1. The van der Waals surface area contributed by atoms with E-state index in [0.717, 1.165) is 35.2 Å². The van der Waals surface area contributed by atoms with Gasteiger partial charge in [-0.15, -0.1) is 0 Å². The quantitative estimate of drug-likeness (QED) is 0.326. The van der Waals surface area contributed by atoms with Crippen molar-refractivity contribution in [1.29, 1.82) is 0 Å². The normalized spacial score (nSPS) is 17.8. The first kappa shape index (κ1) is 24.8. The average molecular weight is 564 g/mol. The summed E-state index contributed by atoms with van der Waals surface area (Å²) < 4.78 is 10.2. The number of likely N-dealkylation sites (tertiary alicyclic amines) is 1. The molecule has 5 heterocycles. The van der Waals surface area contributed by atoms with E-state index < -0.39 is 5.60 Å². The van der Waals surface area contributed by atoms with E-state index in [2.05, 4.69) is 37.2 Å². The summed E-state index contributed by atoms with van der Waals surface area (Å²) in [7, 11) is 1.86. The minimum atomic E-state index is -0.594. The number of rotatable bonds is 5. The highest BCUT2D eigenvalue weighted by Crippen LogP contribution is 2.45. The predicted molar refractivity (Wildman–Crippen MR) is 153 cm³/mol. The molecule has 3 aromatic heterocycles. The first-order valence-corrected chi connectivity index (χ1v) is 14.3. The summed E-state index contributed by atoms with van der Waals surface area (Å²) in [6.45, 7) is 1.06. The van der Waals surface area contributed by atoms with E-state index in [-0.39, 0.29) is 11.7 Å². The van der Waals surface area contributed by atoms with Gasteiger partial charge in [0.2, 0.25) is 0 Å². The van der Waals surface area contributed by atoms with Gasteiger partial charge in [0, 0.05) is 61.9 Å². The van der Waals surface area contributed by atoms with Crippen LogP contribution in [-0.2, 0) is 7.05 Å². The van der Waals surface area contributed by atoms with Gasteiger partial charge in [-0.3, -0.25) is 18.8 Å². The number of carbonyl (C=O) groups is 2. The predicted octanol–water partition coefficient (Wildman–Crippen LogP) is 4.14. The summed E-state index contributed by atoms with van der Waals surface area (Å²) in [5.41, 5.74) is 3.65. The van der Waals surface area contributed by atoms with Gasteiger partial charge in [-0.25, -0.2) is 5.10 Å². The van der Waals surface area contributed by atoms with Crippen molar-refractivity contribution < 1.29 is 14.3 Å². The van der Waals surface area contributed by atoms with Gasteiger partial charge >= 0.3 is 0 Å². The van der Waals surface area contributed by atoms with Crippen LogP contribution in [0.5, 0.6) is 5.75 Å². The van der Waals surface area contributed by atoms with Crippen LogP contribution in [-0.4, -0.2) is 70.3 Å². The number of amides is 1. The Morgan fingerprint density at radius 2 is 1.98 bits per heavy atom. The van der Waals surface area contributed by atoms with Gasteiger partial charge in [0.1, 0.15) is 17.2 Å². The molecule has 1 spiro atoms. The maximum atomic E-state index is 13.7. The van der Waals surface area contributed by atoms with Crippen molar-refractivity contribution in [1.82, 2.24) is 39.9 Å². The number of tetrazole rings is 1. The van der Waals surface area contributed by atoms with E-state index in [1.54, 1.807) is 10.9 Å². The molecule has 2 N–H and O–H groups in total. The summed E-state index contributed by atoms with van der Waals surface area (Å²) >= 11 is 0. The van der Waals surface area contributed by atoms with Crippen LogP contribution in [0.25, 0.3) is 16.9 Å². The number of aromatic nitrogens is 7. The number of benzene rings is 2. The molecular weight excluding hydrogens is 534 g/mol. The van der Waals surface area contributed by atoms with E-state index in [1.807, 2.05) is 59.0 Å². The van der Waals surface area contributed by atoms with E-state index in [0.29, 0.717) is 61.1 Å². The zero-order valence-corrected chi connectivity index (χ0v) is 23.1. The number of ketones is 1. The van der Waals surface area contributed by atoms with Crippen LogP contribution >= 0.6 is 0 Å². The number of Topliss-reactive ketones (excluding diaryl/α,β-unsaturated/α-hetero) is 1. The number of carbonyl (C=O) groups excluding carboxylic acids is 2. The van der Waals surface area contributed by atoms with Crippen molar-refractivity contribution >= 4 is 34.1 Å². The maximum absolute atomic E-state index is 13.7. The Kier molecular flexibility index (Phi) is 5.46. The fourth-order valence-electron chi connectivity index (χ4n) is 6.33. The van der Waals surface area contributed by atoms with Gasteiger partial charge in [0.05, 0.1) is 23.7 Å². The third kappa shape index (κ3) is 4.13. The van der Waals surface area contributed by atoms with Crippen LogP contribution in [0.4, 0.5) is 11.5 Å². The molecule has 0 bridgehead atoms. The van der Waals surface area contributed by atoms with E-state index in [4.69, 9.17) is 4.74 Å². The molecule has 8 rings (SSSR count). The van der Waals surface area contributed by atoms with Crippen LogP contribution in [0, 0.1) is 0 Å². The van der Waals surface area contributed by atoms with Crippen molar-refractivity contribution in [3.05, 3.63) is 71.5 Å². The zero-order valence-electron chi connectivity index (χ0n) is 23.1. The van der Waals surface area contributed by atoms with Gasteiger partial charge in [0.25, 0.3) is 11.9 Å². The molecule has 2 aromatic carbocycles. The molecule has 0 unspecified atom stereocenters. The van der Waals surface area contributed by atoms with Gasteiger partial charge in [-0.05, 0) is 71.1 Å². The summed E-state index contributed by atoms with van der Waals surface area (Å²) in [5.74, 6) is 2.55. The molecule has 212 valence electrons. The molecule has 2 aliphatic heterocycles. The minimum Gasteiger partial charge on any atom is -0.486 e. The van der Waals surface area contributed by atoms with Gasteiger partial charge < -0.3 is 15.0 Å². The number of anilines is 2. The van der Waals surface area contributed by atoms with E-state index in [1.165, 1.54) is 5.56 Å². The first-order chi connectivity index (χ1) is 20.5. The lowest BCUT2D eigenvalue weighted by molar-refractivity contribution is -0.00569. The van der Waals surface area contributed by atoms with Crippen molar-refractivity contribution in [2.24, 2.45) is 7.05 Å². The second kappa shape index (κ2) is 9.26. The standard InChI is InChI=1S/C30H29N9O3/c1-37-27(8-11-31-37)32-20-5-7-26-22(15-20)25(40)16-30(42-26)9-12-38(13-10-30)28(41)19-4-6-24-21(14-19)23(18-2-3-18)17-39(24)29-33-35-36-34-29/h4-8,11,14-15,17-18,32H,2-3,9-10,12-13,16H2,1H3,(H,33,34,35,36). The van der Waals surface area contributed by atoms with Gasteiger partial charge in [-0.2, -0.15) is 5.10 Å². The zero-order chi connectivity index (χ0) is 28.4. The fourth-order valence-corrected chi connectivity index (χ4v) is 6.33. The Balaban J connectivity index is 0.990. The number of fused-ring (bicyclic) bond motifs is 2. The number of H-pyrrole nitrogens is 1. The molecule has 1 saturated heterocycles. The average Bonchev–Trinajstić information content (AvgIpc) is 3.35. The molecule has 42 heavy (non-hydrogen) atoms. The molecule has 0 radical (unpaired) electrons. The van der Waals surface area contributed by atoms with Crippen LogP contribution in [0.2, 0.25) is 0 Å². The van der Waals surface area contributed by atoms with Crippen molar-refractivity contribution in [2.45, 2.75) is 43.6 Å². The van der Waals surface area contributed by atoms with Crippen LogP contribution in [0.3, 0.4) is 0 Å². The Labute approximate surface area is 240 Å². The summed E-state index contributed by atoms with van der Waals surface area (Å²) in [5, 5.41) is 22.9. The van der Waals surface area contributed by atoms with Gasteiger partial charge in [0.15, 0.2) is 5.78 Å². The minimum absolute atomic E-state index is 0.00371. The van der Waals surface area contributed by atoms with Crippen LogP contribution in [0.15, 0.2) is 54.9 Å². The Hall–Kier alpha value is -5.00. The molecule has 1 amide bonds. The van der Waals surface area contributed by atoms with E-state index in [9.17, 15) is 9.59 Å². The molecule has 2 fully saturated rings. The molecular formula is C30H29N9O3. The smallest absolute Gasteiger partial charge is 0.253 e. The monoisotopic (exact) mass is 563 g/mol. The number of nitrogens with one attached hydrogen (secondary N) is 2. The first-order valence-electron chi connectivity index (χ1n) is 14.3. The second-order valence-electron chi connectivity index (χ2n) is 11.5. The van der Waals surface area contributed by atoms with Crippen molar-refractivity contribution in [3.8, 4) is 11.7 Å². The molecule has 12 heteroatoms. The summed E-state index contributed by atoms with van der Waals surface area (Å²) in [6, 6.07) is 13.3. The third-order valence-corrected chi connectivity index (χ3v) is 8.81. The Morgan fingerprint density at radius 1 is 1.12 bits per heavy atom. The lowest BCUT2D eigenvalue weighted by atomic mass is 9.82. The molecule has 1 aliphatic carbocycles. The fraction of sp³-hybridized carbons (Fsp3) is 0.333. The molecule has 12 nitrogen and oxygen atoms in total. The number of nitrogens with zero attached hydrogens (tertiary/aromatic N) is 7. The second-order valence-corrected chi connectivity index (χ2v) is 11.5. The summed E-state index contributed by atoms with van der Waals surface area (Å²) in [4.78, 5) is 28.8. The van der Waals surface area contributed by atoms with Crippen LogP contribution < -0.4 is 10.1 Å². The highest BCUT2D eigenvalue weighted by atomic mass is 16.5. The SMILES string of the molecule is Cn1nccc1Nc1ccc2c(c1)C(=O)CC1(CCN(C(=O)c3ccc4c(c3)c(C3CC3)cn4-c3nnn[nH]3)CC1)O2. The number of hydrogen-bond acceptors (Lipinski definition) is 8. The highest BCUT2D eigenvalue weighted by Gasteiger charge is 2.44. The lowest BCUT2D eigenvalue weighted by Gasteiger charge is -2.44. The Morgan fingerprint density at radius 3 is 2.71 bits per heavy atom. The summed E-state index contributed by atoms with van der Waals surface area (Å²) in [6.07, 6.45) is 7.59. The highest BCUT2D eigenvalue weighted by molar-refractivity contribution is 6.02.